The number of rotatable bonds is 3. The lowest BCUT2D eigenvalue weighted by Gasteiger charge is -2.27. The van der Waals surface area contributed by atoms with Crippen LogP contribution in [0.15, 0.2) is 18.2 Å². The van der Waals surface area contributed by atoms with Gasteiger partial charge in [-0.25, -0.2) is 4.39 Å². The molecule has 1 unspecified atom stereocenters. The van der Waals surface area contributed by atoms with Crippen LogP contribution in [0.5, 0.6) is 0 Å². The van der Waals surface area contributed by atoms with Crippen molar-refractivity contribution in [1.29, 1.82) is 0 Å². The molecule has 2 rings (SSSR count). The zero-order valence-electron chi connectivity index (χ0n) is 10.9. The maximum absolute atomic E-state index is 14.0. The molecule has 1 N–H and O–H groups in total. The highest BCUT2D eigenvalue weighted by Crippen LogP contribution is 2.37. The van der Waals surface area contributed by atoms with Gasteiger partial charge >= 0.3 is 0 Å². The predicted octanol–water partition coefficient (Wildman–Crippen LogP) is 4.71. The molecule has 1 saturated carbocycles. The zero-order chi connectivity index (χ0) is 13.0. The van der Waals surface area contributed by atoms with Gasteiger partial charge in [0.05, 0.1) is 0 Å². The maximum Gasteiger partial charge on any atom is 0.129 e. The molecule has 0 saturated heterocycles. The van der Waals surface area contributed by atoms with Crippen molar-refractivity contribution < 1.29 is 4.39 Å². The van der Waals surface area contributed by atoms with Gasteiger partial charge in [-0.3, -0.25) is 0 Å². The first kappa shape index (κ1) is 13.8. The van der Waals surface area contributed by atoms with Gasteiger partial charge in [0.15, 0.2) is 0 Å². The van der Waals surface area contributed by atoms with Gasteiger partial charge in [-0.2, -0.15) is 0 Å². The molecule has 0 aliphatic heterocycles. The fourth-order valence-electron chi connectivity index (χ4n) is 3.07. The third kappa shape index (κ3) is 3.04. The van der Waals surface area contributed by atoms with E-state index in [4.69, 9.17) is 11.6 Å². The normalized spacial score (nSPS) is 19.5. The van der Waals surface area contributed by atoms with Crippen LogP contribution in [0.2, 0.25) is 5.02 Å². The van der Waals surface area contributed by atoms with Gasteiger partial charge in [0.25, 0.3) is 0 Å². The average Bonchev–Trinajstić information content (AvgIpc) is 2.63. The Morgan fingerprint density at radius 1 is 1.22 bits per heavy atom. The molecule has 18 heavy (non-hydrogen) atoms. The molecule has 100 valence electrons. The molecule has 1 aromatic rings. The summed E-state index contributed by atoms with van der Waals surface area (Å²) in [5.41, 5.74) is 0.647. The summed E-state index contributed by atoms with van der Waals surface area (Å²) in [5, 5.41) is 3.81. The van der Waals surface area contributed by atoms with Crippen LogP contribution in [-0.4, -0.2) is 7.05 Å². The van der Waals surface area contributed by atoms with Gasteiger partial charge in [0.1, 0.15) is 5.82 Å². The lowest BCUT2D eigenvalue weighted by atomic mass is 9.87. The largest absolute Gasteiger partial charge is 0.313 e. The van der Waals surface area contributed by atoms with E-state index in [2.05, 4.69) is 5.32 Å². The van der Waals surface area contributed by atoms with Crippen LogP contribution in [0.3, 0.4) is 0 Å². The van der Waals surface area contributed by atoms with Crippen LogP contribution in [0, 0.1) is 11.7 Å². The van der Waals surface area contributed by atoms with Crippen molar-refractivity contribution in [1.82, 2.24) is 5.32 Å². The highest BCUT2D eigenvalue weighted by Gasteiger charge is 2.26. The highest BCUT2D eigenvalue weighted by atomic mass is 35.5. The molecule has 0 amide bonds. The first-order valence-electron chi connectivity index (χ1n) is 6.85. The van der Waals surface area contributed by atoms with E-state index >= 15 is 0 Å². The van der Waals surface area contributed by atoms with Crippen LogP contribution in [0.1, 0.15) is 50.1 Å². The zero-order valence-corrected chi connectivity index (χ0v) is 11.6. The summed E-state index contributed by atoms with van der Waals surface area (Å²) in [6.07, 6.45) is 7.42. The molecule has 0 bridgehead atoms. The second kappa shape index (κ2) is 6.53. The minimum absolute atomic E-state index is 0.0387. The molecule has 3 heteroatoms. The van der Waals surface area contributed by atoms with E-state index in [1.54, 1.807) is 12.1 Å². The minimum atomic E-state index is -0.189. The van der Waals surface area contributed by atoms with Crippen molar-refractivity contribution in [2.45, 2.75) is 44.6 Å². The molecule has 1 atom stereocenters. The molecule has 0 heterocycles. The number of hydrogen-bond donors (Lipinski definition) is 1. The standard InChI is InChI=1S/C15H21ClFN/c1-18-15(11-7-4-2-3-5-8-11)14-12(16)9-6-10-13(14)17/h6,9-11,15,18H,2-5,7-8H2,1H3. The van der Waals surface area contributed by atoms with Crippen molar-refractivity contribution in [3.05, 3.63) is 34.6 Å². The molecule has 1 nitrogen and oxygen atoms in total. The van der Waals surface area contributed by atoms with E-state index in [1.807, 2.05) is 7.05 Å². The number of nitrogens with one attached hydrogen (secondary N) is 1. The van der Waals surface area contributed by atoms with Crippen LogP contribution < -0.4 is 5.32 Å². The van der Waals surface area contributed by atoms with Crippen LogP contribution in [0.4, 0.5) is 4.39 Å². The monoisotopic (exact) mass is 269 g/mol. The quantitative estimate of drug-likeness (QED) is 0.784. The van der Waals surface area contributed by atoms with Crippen LogP contribution in [-0.2, 0) is 0 Å². The maximum atomic E-state index is 14.0. The SMILES string of the molecule is CNC(c1c(F)cccc1Cl)C1CCCCCC1. The summed E-state index contributed by atoms with van der Waals surface area (Å²) < 4.78 is 14.0. The topological polar surface area (TPSA) is 12.0 Å². The third-order valence-corrected chi connectivity index (χ3v) is 4.32. The Morgan fingerprint density at radius 3 is 2.44 bits per heavy atom. The first-order chi connectivity index (χ1) is 8.74. The Balaban J connectivity index is 2.26. The fraction of sp³-hybridized carbons (Fsp3) is 0.600. The summed E-state index contributed by atoms with van der Waals surface area (Å²) in [4.78, 5) is 0. The van der Waals surface area contributed by atoms with Crippen molar-refractivity contribution in [2.75, 3.05) is 7.05 Å². The van der Waals surface area contributed by atoms with E-state index in [-0.39, 0.29) is 11.9 Å². The molecule has 0 radical (unpaired) electrons. The molecule has 1 aromatic carbocycles. The van der Waals surface area contributed by atoms with Gasteiger partial charge < -0.3 is 5.32 Å². The van der Waals surface area contributed by atoms with Crippen molar-refractivity contribution in [3.63, 3.8) is 0 Å². The Hall–Kier alpha value is -0.600. The van der Waals surface area contributed by atoms with Gasteiger partial charge in [0.2, 0.25) is 0 Å². The molecule has 0 spiro atoms. The van der Waals surface area contributed by atoms with E-state index in [0.29, 0.717) is 16.5 Å². The lowest BCUT2D eigenvalue weighted by molar-refractivity contribution is 0.333. The van der Waals surface area contributed by atoms with Crippen LogP contribution in [0.25, 0.3) is 0 Å². The molecular weight excluding hydrogens is 249 g/mol. The third-order valence-electron chi connectivity index (χ3n) is 3.99. The molecule has 1 aliphatic carbocycles. The summed E-state index contributed by atoms with van der Waals surface area (Å²) in [6, 6.07) is 4.99. The smallest absolute Gasteiger partial charge is 0.129 e. The Kier molecular flexibility index (Phi) is 5.02. The number of benzene rings is 1. The van der Waals surface area contributed by atoms with Crippen molar-refractivity contribution in [3.8, 4) is 0 Å². The summed E-state index contributed by atoms with van der Waals surface area (Å²) in [7, 11) is 1.90. The molecular formula is C15H21ClFN. The molecule has 0 aromatic heterocycles. The van der Waals surface area contributed by atoms with Gasteiger partial charge in [0, 0.05) is 16.6 Å². The van der Waals surface area contributed by atoms with E-state index < -0.39 is 0 Å². The van der Waals surface area contributed by atoms with Crippen LogP contribution >= 0.6 is 11.6 Å². The Bertz CT molecular complexity index is 366. The lowest BCUT2D eigenvalue weighted by Crippen LogP contribution is -2.26. The Morgan fingerprint density at radius 2 is 1.89 bits per heavy atom. The van der Waals surface area contributed by atoms with E-state index in [1.165, 1.54) is 31.7 Å². The summed E-state index contributed by atoms with van der Waals surface area (Å²) >= 11 is 6.18. The van der Waals surface area contributed by atoms with Gasteiger partial charge in [-0.05, 0) is 37.9 Å². The summed E-state index contributed by atoms with van der Waals surface area (Å²) in [5.74, 6) is 0.304. The number of hydrogen-bond acceptors (Lipinski definition) is 1. The van der Waals surface area contributed by atoms with E-state index in [0.717, 1.165) is 12.8 Å². The average molecular weight is 270 g/mol. The van der Waals surface area contributed by atoms with Crippen molar-refractivity contribution in [2.24, 2.45) is 5.92 Å². The minimum Gasteiger partial charge on any atom is -0.313 e. The van der Waals surface area contributed by atoms with Crippen molar-refractivity contribution >= 4 is 11.6 Å². The first-order valence-corrected chi connectivity index (χ1v) is 7.23. The fourth-order valence-corrected chi connectivity index (χ4v) is 3.35. The molecule has 1 aliphatic rings. The predicted molar refractivity (Wildman–Crippen MR) is 74.4 cm³/mol. The number of halogens is 2. The summed E-state index contributed by atoms with van der Waals surface area (Å²) in [6.45, 7) is 0. The molecule has 1 fully saturated rings. The van der Waals surface area contributed by atoms with E-state index in [9.17, 15) is 4.39 Å². The second-order valence-corrected chi connectivity index (χ2v) is 5.56. The van der Waals surface area contributed by atoms with Gasteiger partial charge in [-0.15, -0.1) is 0 Å². The van der Waals surface area contributed by atoms with Gasteiger partial charge in [-0.1, -0.05) is 43.4 Å². The highest BCUT2D eigenvalue weighted by molar-refractivity contribution is 6.31. The Labute approximate surface area is 114 Å². The second-order valence-electron chi connectivity index (χ2n) is 5.15.